The van der Waals surface area contributed by atoms with E-state index in [0.717, 1.165) is 36.6 Å². The Kier molecular flexibility index (Phi) is 3.25. The number of aromatic amines is 1. The van der Waals surface area contributed by atoms with Crippen LogP contribution in [-0.2, 0) is 0 Å². The zero-order chi connectivity index (χ0) is 13.2. The standard InChI is InChI=1S/C15H18N2O2/c18-12-6-4-11(5-7-12)17-15(19)13-3-1-2-10-8-9-16-14(10)13/h1-3,8-9,11-12,16,18H,4-7H2,(H,17,19). The second-order valence-electron chi connectivity index (χ2n) is 5.23. The molecule has 1 aromatic carbocycles. The van der Waals surface area contributed by atoms with Gasteiger partial charge in [0, 0.05) is 17.6 Å². The SMILES string of the molecule is O=C(NC1CCC(O)CC1)c1cccc2cc[nH]c12. The van der Waals surface area contributed by atoms with Crippen LogP contribution in [0.15, 0.2) is 30.5 Å². The van der Waals surface area contributed by atoms with Crippen molar-refractivity contribution in [2.45, 2.75) is 37.8 Å². The Morgan fingerprint density at radius 2 is 2.00 bits per heavy atom. The molecular weight excluding hydrogens is 240 g/mol. The van der Waals surface area contributed by atoms with Crippen LogP contribution in [0.25, 0.3) is 10.9 Å². The van der Waals surface area contributed by atoms with Gasteiger partial charge >= 0.3 is 0 Å². The van der Waals surface area contributed by atoms with Crippen LogP contribution in [0.1, 0.15) is 36.0 Å². The summed E-state index contributed by atoms with van der Waals surface area (Å²) >= 11 is 0. The molecule has 0 unspecified atom stereocenters. The van der Waals surface area contributed by atoms with Crippen LogP contribution in [0.3, 0.4) is 0 Å². The van der Waals surface area contributed by atoms with E-state index in [1.165, 1.54) is 0 Å². The molecule has 3 N–H and O–H groups in total. The molecule has 100 valence electrons. The molecule has 1 aliphatic carbocycles. The van der Waals surface area contributed by atoms with Crippen molar-refractivity contribution < 1.29 is 9.90 Å². The number of hydrogen-bond acceptors (Lipinski definition) is 2. The average molecular weight is 258 g/mol. The van der Waals surface area contributed by atoms with Gasteiger partial charge in [-0.15, -0.1) is 0 Å². The van der Waals surface area contributed by atoms with E-state index in [-0.39, 0.29) is 18.1 Å². The molecule has 0 aliphatic heterocycles. The number of para-hydroxylation sites is 1. The van der Waals surface area contributed by atoms with E-state index in [2.05, 4.69) is 10.3 Å². The van der Waals surface area contributed by atoms with E-state index in [1.54, 1.807) is 0 Å². The first-order valence-corrected chi connectivity index (χ1v) is 6.79. The summed E-state index contributed by atoms with van der Waals surface area (Å²) < 4.78 is 0. The highest BCUT2D eigenvalue weighted by Crippen LogP contribution is 2.20. The van der Waals surface area contributed by atoms with E-state index < -0.39 is 0 Å². The molecule has 3 rings (SSSR count). The zero-order valence-electron chi connectivity index (χ0n) is 10.7. The van der Waals surface area contributed by atoms with E-state index >= 15 is 0 Å². The molecule has 0 atom stereocenters. The van der Waals surface area contributed by atoms with Gasteiger partial charge in [-0.25, -0.2) is 0 Å². The summed E-state index contributed by atoms with van der Waals surface area (Å²) in [5, 5.41) is 13.6. The quantitative estimate of drug-likeness (QED) is 0.773. The number of carbonyl (C=O) groups is 1. The highest BCUT2D eigenvalue weighted by Gasteiger charge is 2.21. The van der Waals surface area contributed by atoms with Gasteiger partial charge in [0.15, 0.2) is 0 Å². The second-order valence-corrected chi connectivity index (χ2v) is 5.23. The lowest BCUT2D eigenvalue weighted by Crippen LogP contribution is -2.38. The third-order valence-corrected chi connectivity index (χ3v) is 3.86. The number of fused-ring (bicyclic) bond motifs is 1. The van der Waals surface area contributed by atoms with Gasteiger partial charge < -0.3 is 15.4 Å². The third-order valence-electron chi connectivity index (χ3n) is 3.86. The number of nitrogens with one attached hydrogen (secondary N) is 2. The molecule has 0 saturated heterocycles. The minimum Gasteiger partial charge on any atom is -0.393 e. The fourth-order valence-electron chi connectivity index (χ4n) is 2.76. The topological polar surface area (TPSA) is 65.1 Å². The predicted molar refractivity (Wildman–Crippen MR) is 74.0 cm³/mol. The summed E-state index contributed by atoms with van der Waals surface area (Å²) in [7, 11) is 0. The van der Waals surface area contributed by atoms with Crippen molar-refractivity contribution in [3.63, 3.8) is 0 Å². The van der Waals surface area contributed by atoms with Gasteiger partial charge in [-0.1, -0.05) is 12.1 Å². The lowest BCUT2D eigenvalue weighted by Gasteiger charge is -2.26. The van der Waals surface area contributed by atoms with Gasteiger partial charge in [-0.05, 0) is 37.8 Å². The molecule has 1 saturated carbocycles. The Morgan fingerprint density at radius 3 is 2.79 bits per heavy atom. The van der Waals surface area contributed by atoms with Gasteiger partial charge in [-0.3, -0.25) is 4.79 Å². The number of aliphatic hydroxyl groups excluding tert-OH is 1. The normalized spacial score (nSPS) is 23.4. The zero-order valence-corrected chi connectivity index (χ0v) is 10.7. The lowest BCUT2D eigenvalue weighted by atomic mass is 9.93. The highest BCUT2D eigenvalue weighted by molar-refractivity contribution is 6.05. The van der Waals surface area contributed by atoms with E-state index in [4.69, 9.17) is 0 Å². The molecule has 19 heavy (non-hydrogen) atoms. The molecule has 1 amide bonds. The molecule has 1 aromatic heterocycles. The molecule has 2 aromatic rings. The number of aromatic nitrogens is 1. The van der Waals surface area contributed by atoms with Gasteiger partial charge in [-0.2, -0.15) is 0 Å². The Hall–Kier alpha value is -1.81. The smallest absolute Gasteiger partial charge is 0.253 e. The minimum absolute atomic E-state index is 0.0329. The van der Waals surface area contributed by atoms with Gasteiger partial charge in [0.2, 0.25) is 0 Å². The van der Waals surface area contributed by atoms with Crippen LogP contribution in [-0.4, -0.2) is 28.1 Å². The molecule has 1 fully saturated rings. The van der Waals surface area contributed by atoms with Crippen molar-refractivity contribution in [3.8, 4) is 0 Å². The highest BCUT2D eigenvalue weighted by atomic mass is 16.3. The first kappa shape index (κ1) is 12.2. The maximum atomic E-state index is 12.3. The van der Waals surface area contributed by atoms with Crippen LogP contribution < -0.4 is 5.32 Å². The van der Waals surface area contributed by atoms with Crippen molar-refractivity contribution in [1.82, 2.24) is 10.3 Å². The molecule has 0 spiro atoms. The monoisotopic (exact) mass is 258 g/mol. The van der Waals surface area contributed by atoms with Crippen molar-refractivity contribution in [2.75, 3.05) is 0 Å². The number of aliphatic hydroxyl groups is 1. The second kappa shape index (κ2) is 5.05. The fourth-order valence-corrected chi connectivity index (χ4v) is 2.76. The van der Waals surface area contributed by atoms with Crippen LogP contribution in [0.4, 0.5) is 0 Å². The largest absolute Gasteiger partial charge is 0.393 e. The lowest BCUT2D eigenvalue weighted by molar-refractivity contribution is 0.0869. The number of rotatable bonds is 2. The molecule has 4 nitrogen and oxygen atoms in total. The van der Waals surface area contributed by atoms with Gasteiger partial charge in [0.25, 0.3) is 5.91 Å². The Labute approximate surface area is 111 Å². The minimum atomic E-state index is -0.194. The molecule has 0 radical (unpaired) electrons. The maximum absolute atomic E-state index is 12.3. The average Bonchev–Trinajstić information content (AvgIpc) is 2.89. The Balaban J connectivity index is 1.75. The van der Waals surface area contributed by atoms with E-state index in [0.29, 0.717) is 5.56 Å². The summed E-state index contributed by atoms with van der Waals surface area (Å²) in [4.78, 5) is 15.4. The third kappa shape index (κ3) is 2.49. The predicted octanol–water partition coefficient (Wildman–Crippen LogP) is 2.20. The number of carbonyl (C=O) groups excluding carboxylic acids is 1. The summed E-state index contributed by atoms with van der Waals surface area (Å²) in [5.74, 6) is -0.0329. The molecular formula is C15H18N2O2. The Morgan fingerprint density at radius 1 is 1.21 bits per heavy atom. The van der Waals surface area contributed by atoms with Crippen molar-refractivity contribution >= 4 is 16.8 Å². The number of benzene rings is 1. The summed E-state index contributed by atoms with van der Waals surface area (Å²) in [6.45, 7) is 0. The van der Waals surface area contributed by atoms with E-state index in [9.17, 15) is 9.90 Å². The van der Waals surface area contributed by atoms with Crippen LogP contribution >= 0.6 is 0 Å². The molecule has 1 heterocycles. The Bertz CT molecular complexity index is 583. The summed E-state index contributed by atoms with van der Waals surface area (Å²) in [6.07, 6.45) is 4.91. The molecule has 0 bridgehead atoms. The number of amides is 1. The van der Waals surface area contributed by atoms with Crippen molar-refractivity contribution in [3.05, 3.63) is 36.0 Å². The van der Waals surface area contributed by atoms with Crippen LogP contribution in [0.5, 0.6) is 0 Å². The number of H-pyrrole nitrogens is 1. The first-order chi connectivity index (χ1) is 9.24. The molecule has 4 heteroatoms. The van der Waals surface area contributed by atoms with Crippen molar-refractivity contribution in [1.29, 1.82) is 0 Å². The fraction of sp³-hybridized carbons (Fsp3) is 0.400. The molecule has 1 aliphatic rings. The van der Waals surface area contributed by atoms with Gasteiger partial charge in [0.1, 0.15) is 0 Å². The van der Waals surface area contributed by atoms with Crippen LogP contribution in [0, 0.1) is 0 Å². The van der Waals surface area contributed by atoms with E-state index in [1.807, 2.05) is 30.5 Å². The number of hydrogen-bond donors (Lipinski definition) is 3. The first-order valence-electron chi connectivity index (χ1n) is 6.79. The summed E-state index contributed by atoms with van der Waals surface area (Å²) in [5.41, 5.74) is 1.57. The van der Waals surface area contributed by atoms with Crippen LogP contribution in [0.2, 0.25) is 0 Å². The van der Waals surface area contributed by atoms with Crippen molar-refractivity contribution in [2.24, 2.45) is 0 Å². The van der Waals surface area contributed by atoms with Gasteiger partial charge in [0.05, 0.1) is 17.2 Å². The maximum Gasteiger partial charge on any atom is 0.253 e. The summed E-state index contributed by atoms with van der Waals surface area (Å²) in [6, 6.07) is 7.87.